The molecule has 0 aliphatic carbocycles. The van der Waals surface area contributed by atoms with Gasteiger partial charge >= 0.3 is 5.69 Å². The quantitative estimate of drug-likeness (QED) is 0.254. The number of rotatable bonds is 9. The fourth-order valence-corrected chi connectivity index (χ4v) is 4.27. The molecule has 1 amide bonds. The number of carbonyl (C=O) groups excluding carboxylic acids is 1. The van der Waals surface area contributed by atoms with E-state index in [2.05, 4.69) is 47.2 Å². The van der Waals surface area contributed by atoms with Gasteiger partial charge in [-0.15, -0.1) is 0 Å². The molecule has 184 valence electrons. The van der Waals surface area contributed by atoms with Gasteiger partial charge in [0.1, 0.15) is 0 Å². The molecule has 0 unspecified atom stereocenters. The van der Waals surface area contributed by atoms with E-state index in [-0.39, 0.29) is 33.8 Å². The molecule has 0 aliphatic rings. The zero-order valence-corrected chi connectivity index (χ0v) is 21.7. The van der Waals surface area contributed by atoms with E-state index >= 15 is 0 Å². The normalized spacial score (nSPS) is 12.0. The van der Waals surface area contributed by atoms with Gasteiger partial charge in [0, 0.05) is 6.07 Å². The lowest BCUT2D eigenvalue weighted by atomic mass is 9.72. The molecular weight excluding hydrogens is 506 g/mol. The highest BCUT2D eigenvalue weighted by Gasteiger charge is 2.29. The number of halogens is 1. The number of benzene rings is 2. The lowest BCUT2D eigenvalue weighted by molar-refractivity contribution is -0.385. The maximum absolute atomic E-state index is 12.1. The molecule has 0 aromatic heterocycles. The number of phenolic OH excluding ortho intramolecular Hbond substituents is 1. The molecule has 0 spiro atoms. The van der Waals surface area contributed by atoms with Crippen molar-refractivity contribution >= 4 is 33.7 Å². The molecule has 2 rings (SSSR count). The molecule has 0 bridgehead atoms. The number of phenols is 1. The van der Waals surface area contributed by atoms with Gasteiger partial charge < -0.3 is 14.6 Å². The smallest absolute Gasteiger partial charge is 0.311 e. The van der Waals surface area contributed by atoms with E-state index in [1.807, 2.05) is 13.8 Å². The Labute approximate surface area is 207 Å². The highest BCUT2D eigenvalue weighted by molar-refractivity contribution is 9.10. The Morgan fingerprint density at radius 2 is 1.88 bits per heavy atom. The standard InChI is InChI=1S/C24H30BrN3O6/c1-23(2,3)14-24(4,5)16-7-8-19(18(11-16)28(31)32)34-13-21(29)27-26-12-15-9-17(25)22(30)20(10-15)33-6/h7-12,30H,13-14H2,1-6H3,(H,27,29)/b26-12+. The molecular formula is C24H30BrN3O6. The number of hydrogen-bond acceptors (Lipinski definition) is 7. The summed E-state index contributed by atoms with van der Waals surface area (Å²) >= 11 is 3.20. The molecule has 0 heterocycles. The van der Waals surface area contributed by atoms with Crippen molar-refractivity contribution in [2.24, 2.45) is 10.5 Å². The largest absolute Gasteiger partial charge is 0.503 e. The molecule has 2 N–H and O–H groups in total. The van der Waals surface area contributed by atoms with Crippen LogP contribution in [0.3, 0.4) is 0 Å². The second kappa shape index (κ2) is 10.9. The van der Waals surface area contributed by atoms with Crippen LogP contribution in [0, 0.1) is 15.5 Å². The molecule has 0 aliphatic heterocycles. The molecule has 0 atom stereocenters. The first kappa shape index (κ1) is 27.1. The first-order valence-corrected chi connectivity index (χ1v) is 11.3. The van der Waals surface area contributed by atoms with Crippen LogP contribution in [0.5, 0.6) is 17.2 Å². The summed E-state index contributed by atoms with van der Waals surface area (Å²) < 4.78 is 10.9. The summed E-state index contributed by atoms with van der Waals surface area (Å²) in [6.07, 6.45) is 2.19. The number of nitrogens with one attached hydrogen (secondary N) is 1. The summed E-state index contributed by atoms with van der Waals surface area (Å²) in [6, 6.07) is 7.95. The van der Waals surface area contributed by atoms with Crippen molar-refractivity contribution in [3.63, 3.8) is 0 Å². The van der Waals surface area contributed by atoms with E-state index in [1.54, 1.807) is 12.1 Å². The van der Waals surface area contributed by atoms with E-state index in [9.17, 15) is 20.0 Å². The Bertz CT molecular complexity index is 1090. The van der Waals surface area contributed by atoms with Crippen LogP contribution in [0.15, 0.2) is 39.9 Å². The Hall–Kier alpha value is -3.14. The van der Waals surface area contributed by atoms with Crippen molar-refractivity contribution in [1.29, 1.82) is 0 Å². The second-order valence-electron chi connectivity index (χ2n) is 9.70. The van der Waals surface area contributed by atoms with Crippen LogP contribution in [0.4, 0.5) is 5.69 Å². The van der Waals surface area contributed by atoms with Gasteiger partial charge in [-0.05, 0) is 62.5 Å². The number of hydrazone groups is 1. The third-order valence-corrected chi connectivity index (χ3v) is 5.55. The molecule has 2 aromatic carbocycles. The van der Waals surface area contributed by atoms with E-state index in [1.165, 1.54) is 31.5 Å². The zero-order valence-electron chi connectivity index (χ0n) is 20.1. The van der Waals surface area contributed by atoms with Gasteiger partial charge in [-0.2, -0.15) is 5.10 Å². The average Bonchev–Trinajstić information content (AvgIpc) is 2.72. The second-order valence-corrected chi connectivity index (χ2v) is 10.6. The SMILES string of the molecule is COc1cc(/C=N/NC(=O)COc2ccc(C(C)(C)CC(C)(C)C)cc2[N+](=O)[O-])cc(Br)c1O. The Kier molecular flexibility index (Phi) is 8.66. The minimum Gasteiger partial charge on any atom is -0.503 e. The highest BCUT2D eigenvalue weighted by Crippen LogP contribution is 2.39. The number of carbonyl (C=O) groups is 1. The van der Waals surface area contributed by atoms with Crippen LogP contribution < -0.4 is 14.9 Å². The van der Waals surface area contributed by atoms with Crippen LogP contribution in [-0.2, 0) is 10.2 Å². The van der Waals surface area contributed by atoms with Crippen molar-refractivity contribution in [2.75, 3.05) is 13.7 Å². The minimum absolute atomic E-state index is 0.00615. The van der Waals surface area contributed by atoms with Gasteiger partial charge in [0.15, 0.2) is 23.9 Å². The number of nitro groups is 1. The molecule has 2 aromatic rings. The molecule has 10 heteroatoms. The maximum atomic E-state index is 12.1. The topological polar surface area (TPSA) is 123 Å². The van der Waals surface area contributed by atoms with Gasteiger partial charge in [0.05, 0.1) is 22.7 Å². The molecule has 0 saturated carbocycles. The van der Waals surface area contributed by atoms with E-state index in [4.69, 9.17) is 9.47 Å². The number of methoxy groups -OCH3 is 1. The van der Waals surface area contributed by atoms with Crippen LogP contribution >= 0.6 is 15.9 Å². The number of nitrogens with zero attached hydrogens (tertiary/aromatic N) is 2. The fourth-order valence-electron chi connectivity index (χ4n) is 3.81. The predicted octanol–water partition coefficient (Wildman–Crippen LogP) is 5.31. The zero-order chi connectivity index (χ0) is 25.7. The van der Waals surface area contributed by atoms with Crippen molar-refractivity contribution < 1.29 is 24.3 Å². The molecule has 9 nitrogen and oxygen atoms in total. The molecule has 0 fully saturated rings. The van der Waals surface area contributed by atoms with Crippen molar-refractivity contribution in [1.82, 2.24) is 5.43 Å². The number of amides is 1. The van der Waals surface area contributed by atoms with Crippen molar-refractivity contribution in [3.8, 4) is 17.2 Å². The lowest BCUT2D eigenvalue weighted by Crippen LogP contribution is -2.26. The summed E-state index contributed by atoms with van der Waals surface area (Å²) in [6.45, 7) is 10.0. The van der Waals surface area contributed by atoms with Crippen LogP contribution in [0.25, 0.3) is 0 Å². The Balaban J connectivity index is 2.07. The summed E-state index contributed by atoms with van der Waals surface area (Å²) in [5.41, 5.74) is 3.26. The lowest BCUT2D eigenvalue weighted by Gasteiger charge is -2.33. The van der Waals surface area contributed by atoms with Gasteiger partial charge in [0.2, 0.25) is 0 Å². The molecule has 0 radical (unpaired) electrons. The van der Waals surface area contributed by atoms with Crippen molar-refractivity contribution in [3.05, 3.63) is 56.0 Å². The average molecular weight is 536 g/mol. The van der Waals surface area contributed by atoms with Crippen molar-refractivity contribution in [2.45, 2.75) is 46.5 Å². The number of aromatic hydroxyl groups is 1. The fraction of sp³-hybridized carbons (Fsp3) is 0.417. The third kappa shape index (κ3) is 7.44. The van der Waals surface area contributed by atoms with Gasteiger partial charge in [0.25, 0.3) is 5.91 Å². The predicted molar refractivity (Wildman–Crippen MR) is 134 cm³/mol. The summed E-state index contributed by atoms with van der Waals surface area (Å²) in [5.74, 6) is -0.391. The third-order valence-electron chi connectivity index (χ3n) is 4.94. The Morgan fingerprint density at radius 1 is 1.21 bits per heavy atom. The number of hydrogen-bond donors (Lipinski definition) is 2. The van der Waals surface area contributed by atoms with Gasteiger partial charge in [-0.3, -0.25) is 14.9 Å². The first-order valence-electron chi connectivity index (χ1n) is 10.5. The minimum atomic E-state index is -0.590. The summed E-state index contributed by atoms with van der Waals surface area (Å²) in [7, 11) is 1.42. The van der Waals surface area contributed by atoms with Gasteiger partial charge in [-0.1, -0.05) is 40.7 Å². The summed E-state index contributed by atoms with van der Waals surface area (Å²) in [4.78, 5) is 23.2. The summed E-state index contributed by atoms with van der Waals surface area (Å²) in [5, 5.41) is 25.3. The van der Waals surface area contributed by atoms with Gasteiger partial charge in [-0.25, -0.2) is 5.43 Å². The highest BCUT2D eigenvalue weighted by atomic mass is 79.9. The van der Waals surface area contributed by atoms with E-state index in [0.29, 0.717) is 10.0 Å². The number of nitro benzene ring substituents is 1. The monoisotopic (exact) mass is 535 g/mol. The first-order chi connectivity index (χ1) is 15.7. The van der Waals surface area contributed by atoms with E-state index in [0.717, 1.165) is 12.0 Å². The molecule has 0 saturated heterocycles. The number of ether oxygens (including phenoxy) is 2. The molecule has 34 heavy (non-hydrogen) atoms. The van der Waals surface area contributed by atoms with Crippen LogP contribution in [-0.4, -0.2) is 35.9 Å². The Morgan fingerprint density at radius 3 is 2.47 bits per heavy atom. The maximum Gasteiger partial charge on any atom is 0.311 e. The van der Waals surface area contributed by atoms with E-state index < -0.39 is 17.4 Å². The van der Waals surface area contributed by atoms with Crippen LogP contribution in [0.1, 0.15) is 52.2 Å². The van der Waals surface area contributed by atoms with Crippen LogP contribution in [0.2, 0.25) is 0 Å².